The predicted molar refractivity (Wildman–Crippen MR) is 119 cm³/mol. The van der Waals surface area contributed by atoms with Crippen LogP contribution in [-0.4, -0.2) is 32.5 Å². The number of hydrogen-bond acceptors (Lipinski definition) is 5. The van der Waals surface area contributed by atoms with Crippen LogP contribution >= 0.6 is 0 Å². The maximum absolute atomic E-state index is 12.9. The number of anilines is 2. The van der Waals surface area contributed by atoms with Crippen molar-refractivity contribution in [3.63, 3.8) is 0 Å². The molecule has 0 spiro atoms. The fraction of sp³-hybridized carbons (Fsp3) is 0.292. The van der Waals surface area contributed by atoms with Crippen LogP contribution in [0.15, 0.2) is 48.5 Å². The van der Waals surface area contributed by atoms with Crippen LogP contribution in [0.5, 0.6) is 0 Å². The lowest BCUT2D eigenvalue weighted by Gasteiger charge is -2.15. The summed E-state index contributed by atoms with van der Waals surface area (Å²) in [5, 5.41) is 11.7. The summed E-state index contributed by atoms with van der Waals surface area (Å²) in [5.41, 5.74) is 2.32. The van der Waals surface area contributed by atoms with E-state index in [2.05, 4.69) is 20.1 Å². The molecule has 0 unspecified atom stereocenters. The van der Waals surface area contributed by atoms with Crippen LogP contribution in [0.2, 0.25) is 0 Å². The van der Waals surface area contributed by atoms with Crippen molar-refractivity contribution in [2.45, 2.75) is 45.1 Å². The second-order valence-electron chi connectivity index (χ2n) is 8.11. The summed E-state index contributed by atoms with van der Waals surface area (Å²) in [6, 6.07) is 14.1. The Balaban J connectivity index is 1.37. The molecule has 162 valence electrons. The monoisotopic (exact) mass is 429 g/mol. The van der Waals surface area contributed by atoms with Gasteiger partial charge in [0.1, 0.15) is 5.82 Å². The lowest BCUT2D eigenvalue weighted by molar-refractivity contribution is -0.121. The number of imide groups is 1. The first kappa shape index (κ1) is 20.1. The molecule has 8 heteroatoms. The van der Waals surface area contributed by atoms with Gasteiger partial charge >= 0.3 is 0 Å². The minimum Gasteiger partial charge on any atom is -0.322 e. The molecule has 3 aromatic rings. The zero-order valence-corrected chi connectivity index (χ0v) is 17.6. The number of carbonyl (C=O) groups is 3. The molecule has 0 atom stereocenters. The lowest BCUT2D eigenvalue weighted by Crippen LogP contribution is -2.28. The molecule has 2 aliphatic rings. The quantitative estimate of drug-likeness (QED) is 0.640. The molecule has 8 nitrogen and oxygen atoms in total. The normalized spacial score (nSPS) is 16.1. The highest BCUT2D eigenvalue weighted by Gasteiger charge is 2.30. The van der Waals surface area contributed by atoms with Crippen molar-refractivity contribution in [2.24, 2.45) is 0 Å². The molecule has 3 amide bonds. The van der Waals surface area contributed by atoms with Crippen LogP contribution in [0.25, 0.3) is 11.4 Å². The van der Waals surface area contributed by atoms with Gasteiger partial charge in [-0.3, -0.25) is 19.3 Å². The third kappa shape index (κ3) is 3.79. The number of nitrogens with zero attached hydrogens (tertiary/aromatic N) is 4. The van der Waals surface area contributed by atoms with Crippen LogP contribution in [0.1, 0.15) is 48.3 Å². The van der Waals surface area contributed by atoms with Gasteiger partial charge in [0, 0.05) is 42.6 Å². The molecule has 1 N–H and O–H groups in total. The Morgan fingerprint density at radius 1 is 0.875 bits per heavy atom. The third-order valence-corrected chi connectivity index (χ3v) is 5.91. The minimum absolute atomic E-state index is 0.203. The van der Waals surface area contributed by atoms with E-state index in [1.165, 1.54) is 6.42 Å². The Morgan fingerprint density at radius 2 is 1.69 bits per heavy atom. The number of amides is 3. The molecule has 32 heavy (non-hydrogen) atoms. The molecular weight excluding hydrogens is 406 g/mol. The van der Waals surface area contributed by atoms with Gasteiger partial charge in [-0.05, 0) is 43.2 Å². The van der Waals surface area contributed by atoms with Gasteiger partial charge in [-0.1, -0.05) is 24.6 Å². The highest BCUT2D eigenvalue weighted by Crippen LogP contribution is 2.26. The van der Waals surface area contributed by atoms with E-state index < -0.39 is 0 Å². The standard InChI is InChI=1S/C24H23N5O3/c30-21-11-12-22(31)29(21)19-9-5-7-17(15-19)24(32)25-18-8-4-6-16(14-18)23-27-26-20-10-2-1-3-13-28(20)23/h4-9,14-15H,1-3,10-13H2,(H,25,32). The van der Waals surface area contributed by atoms with E-state index in [0.717, 1.165) is 47.9 Å². The molecule has 3 heterocycles. The van der Waals surface area contributed by atoms with Crippen molar-refractivity contribution in [1.29, 1.82) is 0 Å². The molecule has 1 saturated heterocycles. The number of nitrogens with one attached hydrogen (secondary N) is 1. The molecular formula is C24H23N5O3. The first-order chi connectivity index (χ1) is 15.6. The molecule has 5 rings (SSSR count). The Kier molecular flexibility index (Phi) is 5.26. The smallest absolute Gasteiger partial charge is 0.255 e. The topological polar surface area (TPSA) is 97.2 Å². The summed E-state index contributed by atoms with van der Waals surface area (Å²) in [6.45, 7) is 0.898. The Hall–Kier alpha value is -3.81. The van der Waals surface area contributed by atoms with E-state index in [1.54, 1.807) is 24.3 Å². The largest absolute Gasteiger partial charge is 0.322 e. The molecule has 2 aliphatic heterocycles. The van der Waals surface area contributed by atoms with Gasteiger partial charge in [0.25, 0.3) is 5.91 Å². The number of aromatic nitrogens is 3. The maximum Gasteiger partial charge on any atom is 0.255 e. The third-order valence-electron chi connectivity index (χ3n) is 5.91. The zero-order chi connectivity index (χ0) is 22.1. The van der Waals surface area contributed by atoms with Gasteiger partial charge in [0.15, 0.2) is 5.82 Å². The van der Waals surface area contributed by atoms with Gasteiger partial charge in [0.05, 0.1) is 5.69 Å². The van der Waals surface area contributed by atoms with E-state index >= 15 is 0 Å². The van der Waals surface area contributed by atoms with E-state index in [0.29, 0.717) is 16.9 Å². The van der Waals surface area contributed by atoms with E-state index in [1.807, 2.05) is 24.3 Å². The molecule has 0 saturated carbocycles. The molecule has 0 radical (unpaired) electrons. The van der Waals surface area contributed by atoms with E-state index in [9.17, 15) is 14.4 Å². The lowest BCUT2D eigenvalue weighted by atomic mass is 10.1. The van der Waals surface area contributed by atoms with Crippen LogP contribution < -0.4 is 10.2 Å². The highest BCUT2D eigenvalue weighted by molar-refractivity contribution is 6.20. The number of rotatable bonds is 4. The average Bonchev–Trinajstić information content (AvgIpc) is 3.27. The molecule has 0 bridgehead atoms. The van der Waals surface area contributed by atoms with Gasteiger partial charge in [-0.25, -0.2) is 0 Å². The fourth-order valence-electron chi connectivity index (χ4n) is 4.29. The summed E-state index contributed by atoms with van der Waals surface area (Å²) >= 11 is 0. The fourth-order valence-corrected chi connectivity index (χ4v) is 4.29. The van der Waals surface area contributed by atoms with Crippen molar-refractivity contribution in [3.05, 3.63) is 59.9 Å². The predicted octanol–water partition coefficient (Wildman–Crippen LogP) is 3.58. The van der Waals surface area contributed by atoms with Crippen molar-refractivity contribution >= 4 is 29.1 Å². The van der Waals surface area contributed by atoms with Gasteiger partial charge in [0.2, 0.25) is 11.8 Å². The van der Waals surface area contributed by atoms with Gasteiger partial charge in [-0.2, -0.15) is 0 Å². The maximum atomic E-state index is 12.9. The van der Waals surface area contributed by atoms with Gasteiger partial charge < -0.3 is 9.88 Å². The van der Waals surface area contributed by atoms with Gasteiger partial charge in [-0.15, -0.1) is 10.2 Å². The molecule has 1 fully saturated rings. The SMILES string of the molecule is O=C(Nc1cccc(-c2nnc3n2CCCCC3)c1)c1cccc(N2C(=O)CCC2=O)c1. The average molecular weight is 429 g/mol. The Bertz CT molecular complexity index is 1200. The highest BCUT2D eigenvalue weighted by atomic mass is 16.2. The van der Waals surface area contributed by atoms with Crippen molar-refractivity contribution < 1.29 is 14.4 Å². The van der Waals surface area contributed by atoms with Crippen LogP contribution in [0, 0.1) is 0 Å². The van der Waals surface area contributed by atoms with Crippen LogP contribution in [-0.2, 0) is 22.6 Å². The van der Waals surface area contributed by atoms with E-state index in [-0.39, 0.29) is 30.6 Å². The van der Waals surface area contributed by atoms with Crippen LogP contribution in [0.4, 0.5) is 11.4 Å². The summed E-state index contributed by atoms with van der Waals surface area (Å²) in [4.78, 5) is 38.1. The first-order valence-corrected chi connectivity index (χ1v) is 10.9. The Labute approximate surface area is 185 Å². The summed E-state index contributed by atoms with van der Waals surface area (Å²) in [5.74, 6) is 1.02. The molecule has 0 aliphatic carbocycles. The number of aryl methyl sites for hydroxylation is 1. The van der Waals surface area contributed by atoms with Crippen molar-refractivity contribution in [3.8, 4) is 11.4 Å². The van der Waals surface area contributed by atoms with Crippen molar-refractivity contribution in [2.75, 3.05) is 10.2 Å². The number of fused-ring (bicyclic) bond motifs is 1. The summed E-state index contributed by atoms with van der Waals surface area (Å²) in [7, 11) is 0. The second kappa shape index (κ2) is 8.37. The molecule has 1 aromatic heterocycles. The van der Waals surface area contributed by atoms with Crippen LogP contribution in [0.3, 0.4) is 0 Å². The summed E-state index contributed by atoms with van der Waals surface area (Å²) < 4.78 is 2.17. The second-order valence-corrected chi connectivity index (χ2v) is 8.11. The Morgan fingerprint density at radius 3 is 2.53 bits per heavy atom. The number of carbonyl (C=O) groups excluding carboxylic acids is 3. The first-order valence-electron chi connectivity index (χ1n) is 10.9. The summed E-state index contributed by atoms with van der Waals surface area (Å²) in [6.07, 6.45) is 4.76. The van der Waals surface area contributed by atoms with Crippen molar-refractivity contribution in [1.82, 2.24) is 14.8 Å². The minimum atomic E-state index is -0.317. The zero-order valence-electron chi connectivity index (χ0n) is 17.6. The van der Waals surface area contributed by atoms with E-state index in [4.69, 9.17) is 0 Å². The number of hydrogen-bond donors (Lipinski definition) is 1. The molecule has 2 aromatic carbocycles. The number of benzene rings is 2.